The van der Waals surface area contributed by atoms with E-state index in [2.05, 4.69) is 20.8 Å². The number of imide groups is 1. The average Bonchev–Trinajstić information content (AvgIpc) is 3.13. The first-order valence-corrected chi connectivity index (χ1v) is 7.90. The van der Waals surface area contributed by atoms with Gasteiger partial charge in [0.25, 0.3) is 0 Å². The third-order valence-corrected chi connectivity index (χ3v) is 4.10. The first-order chi connectivity index (χ1) is 10.8. The van der Waals surface area contributed by atoms with Crippen LogP contribution in [0.2, 0.25) is 0 Å². The van der Waals surface area contributed by atoms with Gasteiger partial charge in [0.1, 0.15) is 0 Å². The second-order valence-corrected chi connectivity index (χ2v) is 5.70. The molecule has 2 aromatic rings. The summed E-state index contributed by atoms with van der Waals surface area (Å²) in [7, 11) is 0. The molecule has 1 aliphatic rings. The molecule has 2 heterocycles. The van der Waals surface area contributed by atoms with Crippen LogP contribution in [0.5, 0.6) is 0 Å². The van der Waals surface area contributed by atoms with E-state index in [0.29, 0.717) is 18.1 Å². The van der Waals surface area contributed by atoms with Crippen molar-refractivity contribution in [3.63, 3.8) is 0 Å². The molecule has 3 amide bonds. The second-order valence-electron chi connectivity index (χ2n) is 4.60. The third-order valence-electron chi connectivity index (χ3n) is 3.16. The highest BCUT2D eigenvalue weighted by atomic mass is 32.2. The Morgan fingerprint density at radius 2 is 2.05 bits per heavy atom. The molecule has 1 aromatic carbocycles. The topological polar surface area (TPSA) is 93.0 Å². The normalized spacial score (nSPS) is 14.5. The lowest BCUT2D eigenvalue weighted by Gasteiger charge is -2.11. The molecule has 0 bridgehead atoms. The first kappa shape index (κ1) is 14.5. The summed E-state index contributed by atoms with van der Waals surface area (Å²) < 4.78 is 1.68. The van der Waals surface area contributed by atoms with Crippen molar-refractivity contribution in [3.05, 3.63) is 36.2 Å². The van der Waals surface area contributed by atoms with E-state index in [9.17, 15) is 9.59 Å². The zero-order valence-electron chi connectivity index (χ0n) is 11.7. The van der Waals surface area contributed by atoms with E-state index in [0.717, 1.165) is 11.5 Å². The van der Waals surface area contributed by atoms with Crippen molar-refractivity contribution in [1.82, 2.24) is 30.4 Å². The number of thioether (sulfide) groups is 1. The highest BCUT2D eigenvalue weighted by molar-refractivity contribution is 7.98. The van der Waals surface area contributed by atoms with Gasteiger partial charge in [-0.15, -0.1) is 5.10 Å². The molecule has 0 radical (unpaired) electrons. The molecule has 0 saturated carbocycles. The zero-order chi connectivity index (χ0) is 15.4. The number of carbonyl (C=O) groups is 2. The van der Waals surface area contributed by atoms with Gasteiger partial charge >= 0.3 is 6.03 Å². The van der Waals surface area contributed by atoms with Crippen LogP contribution in [-0.4, -0.2) is 55.9 Å². The number of urea groups is 1. The zero-order valence-corrected chi connectivity index (χ0v) is 12.5. The molecular formula is C13H14N6O2S. The van der Waals surface area contributed by atoms with Gasteiger partial charge in [-0.2, -0.15) is 16.4 Å². The molecule has 1 aliphatic heterocycles. The van der Waals surface area contributed by atoms with Gasteiger partial charge in [-0.3, -0.25) is 9.69 Å². The fraction of sp³-hybridized carbons (Fsp3) is 0.308. The summed E-state index contributed by atoms with van der Waals surface area (Å²) in [6.07, 6.45) is 0. The van der Waals surface area contributed by atoms with Crippen LogP contribution in [0.15, 0.2) is 30.3 Å². The van der Waals surface area contributed by atoms with Crippen molar-refractivity contribution in [2.45, 2.75) is 5.75 Å². The number of hydrogen-bond donors (Lipinski definition) is 1. The molecule has 0 spiro atoms. The molecule has 1 aromatic heterocycles. The third kappa shape index (κ3) is 3.08. The number of carbonyl (C=O) groups excluding carboxylic acids is 2. The van der Waals surface area contributed by atoms with Crippen LogP contribution in [0.25, 0.3) is 5.69 Å². The summed E-state index contributed by atoms with van der Waals surface area (Å²) in [4.78, 5) is 24.1. The van der Waals surface area contributed by atoms with Crippen molar-refractivity contribution < 1.29 is 9.59 Å². The van der Waals surface area contributed by atoms with E-state index in [1.807, 2.05) is 30.3 Å². The van der Waals surface area contributed by atoms with Crippen LogP contribution in [0, 0.1) is 0 Å². The Morgan fingerprint density at radius 3 is 2.77 bits per heavy atom. The van der Waals surface area contributed by atoms with Crippen molar-refractivity contribution in [1.29, 1.82) is 0 Å². The Balaban J connectivity index is 1.54. The SMILES string of the molecule is O=C1CNC(=O)N1CCSCc1nnnn1-c1ccccc1. The van der Waals surface area contributed by atoms with E-state index in [1.54, 1.807) is 16.4 Å². The number of hydrogen-bond acceptors (Lipinski definition) is 6. The molecule has 0 atom stereocenters. The molecule has 1 fully saturated rings. The summed E-state index contributed by atoms with van der Waals surface area (Å²) in [5, 5.41) is 14.2. The van der Waals surface area contributed by atoms with Crippen molar-refractivity contribution in [2.75, 3.05) is 18.8 Å². The Kier molecular flexibility index (Phi) is 4.33. The number of benzene rings is 1. The standard InChI is InChI=1S/C13H14N6O2S/c20-12-8-14-13(21)18(12)6-7-22-9-11-15-16-17-19(11)10-4-2-1-3-5-10/h1-5H,6-9H2,(H,14,21). The number of amides is 3. The van der Waals surface area contributed by atoms with Crippen LogP contribution >= 0.6 is 11.8 Å². The fourth-order valence-electron chi connectivity index (χ4n) is 2.07. The van der Waals surface area contributed by atoms with Gasteiger partial charge in [-0.1, -0.05) is 18.2 Å². The lowest BCUT2D eigenvalue weighted by Crippen LogP contribution is -2.32. The molecule has 0 unspecified atom stereocenters. The highest BCUT2D eigenvalue weighted by Gasteiger charge is 2.27. The maximum atomic E-state index is 11.4. The Morgan fingerprint density at radius 1 is 1.23 bits per heavy atom. The second kappa shape index (κ2) is 6.56. The summed E-state index contributed by atoms with van der Waals surface area (Å²) >= 11 is 1.57. The lowest BCUT2D eigenvalue weighted by molar-refractivity contribution is -0.124. The predicted octanol–water partition coefficient (Wildman–Crippen LogP) is 0.447. The highest BCUT2D eigenvalue weighted by Crippen LogP contribution is 2.14. The van der Waals surface area contributed by atoms with Crippen LogP contribution < -0.4 is 5.32 Å². The molecular weight excluding hydrogens is 304 g/mol. The number of aromatic nitrogens is 4. The number of nitrogens with one attached hydrogen (secondary N) is 1. The van der Waals surface area contributed by atoms with Crippen LogP contribution in [0.1, 0.15) is 5.82 Å². The number of tetrazole rings is 1. The summed E-state index contributed by atoms with van der Waals surface area (Å²) in [6, 6.07) is 9.31. The summed E-state index contributed by atoms with van der Waals surface area (Å²) in [6.45, 7) is 0.484. The average molecular weight is 318 g/mol. The van der Waals surface area contributed by atoms with Crippen molar-refractivity contribution >= 4 is 23.7 Å². The van der Waals surface area contributed by atoms with Crippen molar-refractivity contribution in [3.8, 4) is 5.69 Å². The van der Waals surface area contributed by atoms with Crippen LogP contribution in [0.4, 0.5) is 4.79 Å². The maximum Gasteiger partial charge on any atom is 0.324 e. The monoisotopic (exact) mass is 318 g/mol. The largest absolute Gasteiger partial charge is 0.329 e. The smallest absolute Gasteiger partial charge is 0.324 e. The Labute approximate surface area is 130 Å². The van der Waals surface area contributed by atoms with Crippen LogP contribution in [0.3, 0.4) is 0 Å². The predicted molar refractivity (Wildman–Crippen MR) is 80.4 cm³/mol. The molecule has 9 heteroatoms. The molecule has 1 N–H and O–H groups in total. The minimum Gasteiger partial charge on any atom is -0.329 e. The van der Waals surface area contributed by atoms with Gasteiger partial charge in [0.2, 0.25) is 5.91 Å². The van der Waals surface area contributed by atoms with E-state index in [4.69, 9.17) is 0 Å². The lowest BCUT2D eigenvalue weighted by atomic mass is 10.3. The molecule has 3 rings (SSSR count). The quantitative estimate of drug-likeness (QED) is 0.614. The summed E-state index contributed by atoms with van der Waals surface area (Å²) in [5.41, 5.74) is 0.900. The van der Waals surface area contributed by atoms with Crippen molar-refractivity contribution in [2.24, 2.45) is 0 Å². The van der Waals surface area contributed by atoms with E-state index in [-0.39, 0.29) is 18.5 Å². The van der Waals surface area contributed by atoms with E-state index >= 15 is 0 Å². The minimum atomic E-state index is -0.320. The van der Waals surface area contributed by atoms with Gasteiger partial charge < -0.3 is 5.32 Å². The van der Waals surface area contributed by atoms with Gasteiger partial charge in [0.15, 0.2) is 5.82 Å². The Hall–Kier alpha value is -2.42. The van der Waals surface area contributed by atoms with Crippen LogP contribution in [-0.2, 0) is 10.5 Å². The minimum absolute atomic E-state index is 0.0930. The first-order valence-electron chi connectivity index (χ1n) is 6.74. The van der Waals surface area contributed by atoms with E-state index < -0.39 is 0 Å². The summed E-state index contributed by atoms with van der Waals surface area (Å²) in [5.74, 6) is 1.79. The Bertz CT molecular complexity index is 658. The number of nitrogens with zero attached hydrogens (tertiary/aromatic N) is 5. The van der Waals surface area contributed by atoms with Gasteiger partial charge in [-0.25, -0.2) is 4.79 Å². The maximum absolute atomic E-state index is 11.4. The molecule has 22 heavy (non-hydrogen) atoms. The molecule has 8 nitrogen and oxygen atoms in total. The van der Waals surface area contributed by atoms with Gasteiger partial charge in [0, 0.05) is 12.3 Å². The van der Waals surface area contributed by atoms with Gasteiger partial charge in [-0.05, 0) is 22.6 Å². The van der Waals surface area contributed by atoms with Gasteiger partial charge in [0.05, 0.1) is 18.0 Å². The molecule has 114 valence electrons. The number of rotatable bonds is 6. The molecule has 0 aliphatic carbocycles. The van der Waals surface area contributed by atoms with E-state index in [1.165, 1.54) is 4.90 Å². The fourth-order valence-corrected chi connectivity index (χ4v) is 2.88. The molecule has 1 saturated heterocycles. The number of para-hydroxylation sites is 1.